The summed E-state index contributed by atoms with van der Waals surface area (Å²) < 4.78 is 16.3. The van der Waals surface area contributed by atoms with Crippen LogP contribution in [0.4, 0.5) is 0 Å². The van der Waals surface area contributed by atoms with Gasteiger partial charge in [-0.15, -0.1) is 0 Å². The molecular weight excluding hydrogens is 451 g/mol. The first-order valence-electron chi connectivity index (χ1n) is 10.1. The summed E-state index contributed by atoms with van der Waals surface area (Å²) in [6, 6.07) is 21.2. The molecule has 0 amide bonds. The Kier molecular flexibility index (Phi) is 8.96. The van der Waals surface area contributed by atoms with Gasteiger partial charge in [0.1, 0.15) is 17.1 Å². The molecule has 0 heterocycles. The van der Waals surface area contributed by atoms with E-state index in [9.17, 15) is 9.59 Å². The summed E-state index contributed by atoms with van der Waals surface area (Å²) >= 11 is 11.9. The fourth-order valence-corrected chi connectivity index (χ4v) is 3.34. The number of ether oxygens (including phenoxy) is 3. The number of rotatable bonds is 10. The predicted molar refractivity (Wildman–Crippen MR) is 124 cm³/mol. The predicted octanol–water partition coefficient (Wildman–Crippen LogP) is 6.16. The van der Waals surface area contributed by atoms with Crippen LogP contribution in [0.25, 0.3) is 0 Å². The molecule has 0 N–H and O–H groups in total. The molecule has 0 atom stereocenters. The van der Waals surface area contributed by atoms with Gasteiger partial charge in [0.15, 0.2) is 0 Å². The van der Waals surface area contributed by atoms with Gasteiger partial charge in [0.2, 0.25) is 0 Å². The van der Waals surface area contributed by atoms with Gasteiger partial charge in [-0.3, -0.25) is 4.79 Å². The molecule has 32 heavy (non-hydrogen) atoms. The quantitative estimate of drug-likeness (QED) is 0.201. The highest BCUT2D eigenvalue weighted by atomic mass is 35.5. The number of hydrogen-bond acceptors (Lipinski definition) is 5. The van der Waals surface area contributed by atoms with E-state index in [0.29, 0.717) is 28.6 Å². The Labute approximate surface area is 196 Å². The molecule has 0 spiro atoms. The van der Waals surface area contributed by atoms with E-state index in [1.807, 2.05) is 30.3 Å². The lowest BCUT2D eigenvalue weighted by atomic mass is 10.2. The Morgan fingerprint density at radius 2 is 1.56 bits per heavy atom. The molecule has 3 aromatic rings. The van der Waals surface area contributed by atoms with E-state index in [2.05, 4.69) is 0 Å². The monoisotopic (exact) mass is 472 g/mol. The zero-order chi connectivity index (χ0) is 22.8. The summed E-state index contributed by atoms with van der Waals surface area (Å²) in [6.07, 6.45) is 1.14. The van der Waals surface area contributed by atoms with Crippen LogP contribution in [0, 0.1) is 0 Å². The molecule has 166 valence electrons. The molecule has 0 aromatic heterocycles. The standard InChI is InChI=1S/C25H22Cl2O5/c26-19-12-13-23(21(27)17-19)30-15-6-11-24(28)32-22-10-5-4-9-20(22)25(29)31-16-14-18-7-2-1-3-8-18/h1-5,7-10,12-13,17H,6,11,14-16H2. The van der Waals surface area contributed by atoms with Crippen molar-refractivity contribution in [3.63, 3.8) is 0 Å². The third kappa shape index (κ3) is 7.29. The van der Waals surface area contributed by atoms with Crippen molar-refractivity contribution in [3.8, 4) is 11.5 Å². The van der Waals surface area contributed by atoms with Crippen molar-refractivity contribution in [1.82, 2.24) is 0 Å². The maximum absolute atomic E-state index is 12.5. The van der Waals surface area contributed by atoms with Crippen LogP contribution in [-0.4, -0.2) is 25.2 Å². The van der Waals surface area contributed by atoms with Crippen LogP contribution in [0.15, 0.2) is 72.8 Å². The first-order chi connectivity index (χ1) is 15.5. The Morgan fingerprint density at radius 1 is 0.812 bits per heavy atom. The molecule has 0 fully saturated rings. The zero-order valence-electron chi connectivity index (χ0n) is 17.3. The molecule has 7 heteroatoms. The lowest BCUT2D eigenvalue weighted by Gasteiger charge is -2.11. The first kappa shape index (κ1) is 23.6. The Hall–Kier alpha value is -3.02. The zero-order valence-corrected chi connectivity index (χ0v) is 18.8. The number of esters is 2. The third-order valence-electron chi connectivity index (χ3n) is 4.47. The van der Waals surface area contributed by atoms with Crippen LogP contribution in [0.1, 0.15) is 28.8 Å². The van der Waals surface area contributed by atoms with Gasteiger partial charge in [0.05, 0.1) is 18.2 Å². The largest absolute Gasteiger partial charge is 0.492 e. The van der Waals surface area contributed by atoms with Crippen molar-refractivity contribution in [2.45, 2.75) is 19.3 Å². The summed E-state index contributed by atoms with van der Waals surface area (Å²) in [6.45, 7) is 0.509. The fraction of sp³-hybridized carbons (Fsp3) is 0.200. The summed E-state index contributed by atoms with van der Waals surface area (Å²) in [4.78, 5) is 24.7. The molecule has 3 rings (SSSR count). The maximum Gasteiger partial charge on any atom is 0.341 e. The Morgan fingerprint density at radius 3 is 2.34 bits per heavy atom. The fourth-order valence-electron chi connectivity index (χ4n) is 2.87. The minimum absolute atomic E-state index is 0.114. The van der Waals surface area contributed by atoms with Crippen LogP contribution < -0.4 is 9.47 Å². The van der Waals surface area contributed by atoms with Gasteiger partial charge < -0.3 is 14.2 Å². The number of carbonyl (C=O) groups excluding carboxylic acids is 2. The van der Waals surface area contributed by atoms with Gasteiger partial charge in [-0.2, -0.15) is 0 Å². The van der Waals surface area contributed by atoms with Crippen LogP contribution >= 0.6 is 23.2 Å². The number of para-hydroxylation sites is 1. The molecule has 0 aliphatic carbocycles. The molecule has 0 saturated carbocycles. The van der Waals surface area contributed by atoms with Gasteiger partial charge in [-0.1, -0.05) is 65.7 Å². The van der Waals surface area contributed by atoms with Gasteiger partial charge in [-0.25, -0.2) is 4.79 Å². The number of carbonyl (C=O) groups is 2. The highest BCUT2D eigenvalue weighted by Crippen LogP contribution is 2.27. The molecule has 5 nitrogen and oxygen atoms in total. The number of halogens is 2. The summed E-state index contributed by atoms with van der Waals surface area (Å²) in [5.41, 5.74) is 1.28. The van der Waals surface area contributed by atoms with Crippen LogP contribution in [-0.2, 0) is 16.0 Å². The van der Waals surface area contributed by atoms with Crippen molar-refractivity contribution < 1.29 is 23.8 Å². The van der Waals surface area contributed by atoms with Crippen molar-refractivity contribution in [2.75, 3.05) is 13.2 Å². The number of hydrogen-bond donors (Lipinski definition) is 0. The van der Waals surface area contributed by atoms with E-state index in [-0.39, 0.29) is 30.9 Å². The Balaban J connectivity index is 1.46. The van der Waals surface area contributed by atoms with E-state index in [1.165, 1.54) is 0 Å². The van der Waals surface area contributed by atoms with E-state index >= 15 is 0 Å². The molecule has 0 aliphatic heterocycles. The second kappa shape index (κ2) is 12.1. The molecule has 0 aliphatic rings. The molecular formula is C25H22Cl2O5. The molecule has 3 aromatic carbocycles. The second-order valence-electron chi connectivity index (χ2n) is 6.87. The topological polar surface area (TPSA) is 61.8 Å². The van der Waals surface area contributed by atoms with Crippen molar-refractivity contribution in [1.29, 1.82) is 0 Å². The highest BCUT2D eigenvalue weighted by Gasteiger charge is 2.16. The first-order valence-corrected chi connectivity index (χ1v) is 10.9. The molecule has 0 bridgehead atoms. The van der Waals surface area contributed by atoms with E-state index in [1.54, 1.807) is 42.5 Å². The summed E-state index contributed by atoms with van der Waals surface area (Å²) in [7, 11) is 0. The summed E-state index contributed by atoms with van der Waals surface area (Å²) in [5, 5.41) is 0.919. The van der Waals surface area contributed by atoms with Gasteiger partial charge >= 0.3 is 11.9 Å². The van der Waals surface area contributed by atoms with E-state index < -0.39 is 11.9 Å². The smallest absolute Gasteiger partial charge is 0.341 e. The van der Waals surface area contributed by atoms with Crippen molar-refractivity contribution in [3.05, 3.63) is 94.0 Å². The van der Waals surface area contributed by atoms with Gasteiger partial charge in [0, 0.05) is 17.9 Å². The van der Waals surface area contributed by atoms with Crippen LogP contribution in [0.5, 0.6) is 11.5 Å². The lowest BCUT2D eigenvalue weighted by Crippen LogP contribution is -2.14. The third-order valence-corrected chi connectivity index (χ3v) is 5.00. The molecule has 0 unspecified atom stereocenters. The number of benzene rings is 3. The Bertz CT molecular complexity index is 1050. The van der Waals surface area contributed by atoms with Crippen LogP contribution in [0.2, 0.25) is 10.0 Å². The summed E-state index contributed by atoms with van der Waals surface area (Å²) in [5.74, 6) is -0.345. The van der Waals surface area contributed by atoms with Crippen molar-refractivity contribution in [2.24, 2.45) is 0 Å². The average Bonchev–Trinajstić information content (AvgIpc) is 2.79. The van der Waals surface area contributed by atoms with Gasteiger partial charge in [-0.05, 0) is 42.3 Å². The molecule has 0 radical (unpaired) electrons. The van der Waals surface area contributed by atoms with E-state index in [0.717, 1.165) is 5.56 Å². The lowest BCUT2D eigenvalue weighted by molar-refractivity contribution is -0.134. The van der Waals surface area contributed by atoms with Gasteiger partial charge in [0.25, 0.3) is 0 Å². The van der Waals surface area contributed by atoms with Crippen LogP contribution in [0.3, 0.4) is 0 Å². The molecule has 0 saturated heterocycles. The normalized spacial score (nSPS) is 10.4. The van der Waals surface area contributed by atoms with Crippen molar-refractivity contribution >= 4 is 35.1 Å². The average molecular weight is 473 g/mol. The minimum Gasteiger partial charge on any atom is -0.492 e. The van der Waals surface area contributed by atoms with E-state index in [4.69, 9.17) is 37.4 Å². The maximum atomic E-state index is 12.5. The minimum atomic E-state index is -0.537. The second-order valence-corrected chi connectivity index (χ2v) is 7.71. The highest BCUT2D eigenvalue weighted by molar-refractivity contribution is 6.35. The SMILES string of the molecule is O=C(CCCOc1ccc(Cl)cc1Cl)Oc1ccccc1C(=O)OCCc1ccccc1.